The van der Waals surface area contributed by atoms with E-state index in [0.717, 1.165) is 30.6 Å². The third-order valence-corrected chi connectivity index (χ3v) is 3.87. The molecule has 5 heteroatoms. The van der Waals surface area contributed by atoms with Crippen LogP contribution >= 0.6 is 0 Å². The van der Waals surface area contributed by atoms with E-state index >= 15 is 0 Å². The molecule has 1 aliphatic heterocycles. The Bertz CT molecular complexity index is 580. The second-order valence-corrected chi connectivity index (χ2v) is 5.49. The van der Waals surface area contributed by atoms with Gasteiger partial charge in [-0.15, -0.1) is 0 Å². The summed E-state index contributed by atoms with van der Waals surface area (Å²) in [5.74, 6) is 0.575. The summed E-state index contributed by atoms with van der Waals surface area (Å²) in [6, 6.07) is 6.60. The van der Waals surface area contributed by atoms with Crippen molar-refractivity contribution in [3.8, 4) is 0 Å². The van der Waals surface area contributed by atoms with Gasteiger partial charge in [-0.05, 0) is 38.1 Å². The molecule has 0 radical (unpaired) electrons. The van der Waals surface area contributed by atoms with Crippen molar-refractivity contribution < 1.29 is 4.42 Å². The van der Waals surface area contributed by atoms with Gasteiger partial charge in [0.25, 0.3) is 6.01 Å². The fourth-order valence-electron chi connectivity index (χ4n) is 2.76. The first-order chi connectivity index (χ1) is 9.13. The largest absolute Gasteiger partial charge is 0.423 e. The Morgan fingerprint density at radius 3 is 3.05 bits per heavy atom. The molecule has 0 saturated carbocycles. The number of fused-ring (bicyclic) bond motifs is 1. The number of oxazole rings is 1. The van der Waals surface area contributed by atoms with Gasteiger partial charge in [-0.2, -0.15) is 4.98 Å². The van der Waals surface area contributed by atoms with Crippen LogP contribution in [0.15, 0.2) is 22.6 Å². The molecule has 1 aliphatic rings. The van der Waals surface area contributed by atoms with Crippen LogP contribution in [0.5, 0.6) is 0 Å². The molecule has 3 N–H and O–H groups in total. The normalized spacial score (nSPS) is 24.7. The van der Waals surface area contributed by atoms with Crippen LogP contribution in [0.1, 0.15) is 13.3 Å². The van der Waals surface area contributed by atoms with Crippen LogP contribution in [0.25, 0.3) is 11.1 Å². The summed E-state index contributed by atoms with van der Waals surface area (Å²) < 4.78 is 5.71. The Hall–Kier alpha value is -1.75. The molecular weight excluding hydrogens is 240 g/mol. The Kier molecular flexibility index (Phi) is 3.06. The Labute approximate surface area is 112 Å². The highest BCUT2D eigenvalue weighted by atomic mass is 16.4. The minimum absolute atomic E-state index is 0.408. The van der Waals surface area contributed by atoms with Crippen molar-refractivity contribution in [3.05, 3.63) is 18.2 Å². The SMILES string of the molecule is CC1CN(C)CCC1Nc1nc2c(N)cccc2o1. The monoisotopic (exact) mass is 260 g/mol. The number of likely N-dealkylation sites (tertiary alicyclic amines) is 1. The van der Waals surface area contributed by atoms with E-state index in [1.54, 1.807) is 0 Å². The zero-order valence-electron chi connectivity index (χ0n) is 11.4. The van der Waals surface area contributed by atoms with Crippen molar-refractivity contribution in [2.24, 2.45) is 5.92 Å². The Morgan fingerprint density at radius 1 is 1.47 bits per heavy atom. The fourth-order valence-corrected chi connectivity index (χ4v) is 2.76. The molecule has 0 aliphatic carbocycles. The van der Waals surface area contributed by atoms with Crippen molar-refractivity contribution >= 4 is 22.8 Å². The number of nitrogens with two attached hydrogens (primary N) is 1. The topological polar surface area (TPSA) is 67.3 Å². The van der Waals surface area contributed by atoms with Crippen LogP contribution in [-0.4, -0.2) is 36.1 Å². The zero-order chi connectivity index (χ0) is 13.4. The van der Waals surface area contributed by atoms with E-state index in [-0.39, 0.29) is 0 Å². The molecule has 1 aromatic heterocycles. The highest BCUT2D eigenvalue weighted by molar-refractivity contribution is 5.86. The maximum absolute atomic E-state index is 5.89. The van der Waals surface area contributed by atoms with Gasteiger partial charge in [0.1, 0.15) is 5.52 Å². The Balaban J connectivity index is 1.80. The van der Waals surface area contributed by atoms with Crippen LogP contribution in [0.3, 0.4) is 0 Å². The first-order valence-corrected chi connectivity index (χ1v) is 6.73. The van der Waals surface area contributed by atoms with Crippen LogP contribution in [0.4, 0.5) is 11.7 Å². The number of piperidine rings is 1. The molecule has 0 amide bonds. The van der Waals surface area contributed by atoms with E-state index in [1.807, 2.05) is 18.2 Å². The van der Waals surface area contributed by atoms with E-state index in [2.05, 4.69) is 29.2 Å². The quantitative estimate of drug-likeness (QED) is 0.810. The first kappa shape index (κ1) is 12.3. The number of nitrogens with one attached hydrogen (secondary N) is 1. The first-order valence-electron chi connectivity index (χ1n) is 6.73. The van der Waals surface area contributed by atoms with Gasteiger partial charge < -0.3 is 20.4 Å². The third-order valence-electron chi connectivity index (χ3n) is 3.87. The maximum atomic E-state index is 5.89. The van der Waals surface area contributed by atoms with Gasteiger partial charge in [0, 0.05) is 12.6 Å². The predicted molar refractivity (Wildman–Crippen MR) is 77.1 cm³/mol. The smallest absolute Gasteiger partial charge is 0.295 e. The molecule has 5 nitrogen and oxygen atoms in total. The van der Waals surface area contributed by atoms with Gasteiger partial charge in [0.05, 0.1) is 5.69 Å². The average molecular weight is 260 g/mol. The van der Waals surface area contributed by atoms with Crippen molar-refractivity contribution in [2.45, 2.75) is 19.4 Å². The summed E-state index contributed by atoms with van der Waals surface area (Å²) >= 11 is 0. The third kappa shape index (κ3) is 2.38. The Morgan fingerprint density at radius 2 is 2.32 bits per heavy atom. The molecule has 2 atom stereocenters. The molecule has 2 heterocycles. The number of nitrogen functional groups attached to an aromatic ring is 1. The standard InChI is InChI=1S/C14H20N4O/c1-9-8-18(2)7-6-11(9)16-14-17-13-10(15)4-3-5-12(13)19-14/h3-5,9,11H,6-8,15H2,1-2H3,(H,16,17). The van der Waals surface area contributed by atoms with Gasteiger partial charge in [-0.1, -0.05) is 13.0 Å². The van der Waals surface area contributed by atoms with Crippen molar-refractivity contribution in [2.75, 3.05) is 31.2 Å². The van der Waals surface area contributed by atoms with E-state index in [9.17, 15) is 0 Å². The van der Waals surface area contributed by atoms with E-state index in [4.69, 9.17) is 10.2 Å². The highest BCUT2D eigenvalue weighted by Crippen LogP contribution is 2.26. The lowest BCUT2D eigenvalue weighted by Gasteiger charge is -2.34. The molecule has 0 bridgehead atoms. The summed E-state index contributed by atoms with van der Waals surface area (Å²) in [6.45, 7) is 4.45. The molecule has 102 valence electrons. The van der Waals surface area contributed by atoms with Crippen molar-refractivity contribution in [1.29, 1.82) is 0 Å². The van der Waals surface area contributed by atoms with Crippen LogP contribution in [0.2, 0.25) is 0 Å². The maximum Gasteiger partial charge on any atom is 0.295 e. The number of anilines is 2. The molecule has 19 heavy (non-hydrogen) atoms. The zero-order valence-corrected chi connectivity index (χ0v) is 11.4. The van der Waals surface area contributed by atoms with Crippen molar-refractivity contribution in [3.63, 3.8) is 0 Å². The lowest BCUT2D eigenvalue weighted by Crippen LogP contribution is -2.43. The molecule has 1 saturated heterocycles. The molecule has 1 fully saturated rings. The van der Waals surface area contributed by atoms with E-state index in [1.165, 1.54) is 0 Å². The fraction of sp³-hybridized carbons (Fsp3) is 0.500. The molecule has 2 aromatic rings. The van der Waals surface area contributed by atoms with Gasteiger partial charge >= 0.3 is 0 Å². The number of hydrogen-bond acceptors (Lipinski definition) is 5. The summed E-state index contributed by atoms with van der Waals surface area (Å²) in [5.41, 5.74) is 8.03. The van der Waals surface area contributed by atoms with E-state index in [0.29, 0.717) is 23.7 Å². The summed E-state index contributed by atoms with van der Waals surface area (Å²) in [4.78, 5) is 6.80. The number of hydrogen-bond donors (Lipinski definition) is 2. The van der Waals surface area contributed by atoms with Crippen LogP contribution in [0, 0.1) is 5.92 Å². The van der Waals surface area contributed by atoms with Gasteiger partial charge in [0.15, 0.2) is 5.58 Å². The summed E-state index contributed by atoms with van der Waals surface area (Å²) in [5, 5.41) is 3.41. The molecule has 1 aromatic carbocycles. The number of para-hydroxylation sites is 1. The summed E-state index contributed by atoms with van der Waals surface area (Å²) in [6.07, 6.45) is 1.10. The second-order valence-electron chi connectivity index (χ2n) is 5.49. The molecule has 3 rings (SSSR count). The number of nitrogens with zero attached hydrogens (tertiary/aromatic N) is 2. The van der Waals surface area contributed by atoms with Crippen molar-refractivity contribution in [1.82, 2.24) is 9.88 Å². The number of benzene rings is 1. The lowest BCUT2D eigenvalue weighted by molar-refractivity contribution is 0.204. The molecule has 0 spiro atoms. The van der Waals surface area contributed by atoms with Gasteiger partial charge in [0.2, 0.25) is 0 Å². The minimum atomic E-state index is 0.408. The van der Waals surface area contributed by atoms with Crippen LogP contribution in [-0.2, 0) is 0 Å². The number of rotatable bonds is 2. The molecular formula is C14H20N4O. The number of aromatic nitrogens is 1. The average Bonchev–Trinajstić information content (AvgIpc) is 2.77. The summed E-state index contributed by atoms with van der Waals surface area (Å²) in [7, 11) is 2.16. The van der Waals surface area contributed by atoms with Gasteiger partial charge in [-0.25, -0.2) is 0 Å². The minimum Gasteiger partial charge on any atom is -0.423 e. The second kappa shape index (κ2) is 4.74. The van der Waals surface area contributed by atoms with Crippen LogP contribution < -0.4 is 11.1 Å². The predicted octanol–water partition coefficient (Wildman–Crippen LogP) is 2.16. The molecule has 2 unspecified atom stereocenters. The highest BCUT2D eigenvalue weighted by Gasteiger charge is 2.25. The van der Waals surface area contributed by atoms with E-state index < -0.39 is 0 Å². The van der Waals surface area contributed by atoms with Gasteiger partial charge in [-0.3, -0.25) is 0 Å². The lowest BCUT2D eigenvalue weighted by atomic mass is 9.94.